The second-order valence-corrected chi connectivity index (χ2v) is 5.28. The Balaban J connectivity index is 2.12. The molecule has 102 valence electrons. The lowest BCUT2D eigenvalue weighted by Gasteiger charge is -2.01. The zero-order valence-corrected chi connectivity index (χ0v) is 11.8. The lowest BCUT2D eigenvalue weighted by molar-refractivity contribution is 0.350. The average molecular weight is 287 g/mol. The summed E-state index contributed by atoms with van der Waals surface area (Å²) in [4.78, 5) is 2.77. The van der Waals surface area contributed by atoms with E-state index in [9.17, 15) is 0 Å². The van der Waals surface area contributed by atoms with E-state index in [1.165, 1.54) is 4.70 Å². The van der Waals surface area contributed by atoms with E-state index in [1.807, 2.05) is 17.8 Å². The van der Waals surface area contributed by atoms with Crippen LogP contribution in [0.25, 0.3) is 31.4 Å². The summed E-state index contributed by atoms with van der Waals surface area (Å²) in [5.41, 5.74) is 9.42. The molecule has 0 spiro atoms. The third-order valence-electron chi connectivity index (χ3n) is 3.04. The molecule has 1 aromatic carbocycles. The molecule has 2 heterocycles. The zero-order valence-electron chi connectivity index (χ0n) is 11.0. The molecule has 7 heteroatoms. The summed E-state index contributed by atoms with van der Waals surface area (Å²) in [6.07, 6.45) is 1.84. The highest BCUT2D eigenvalue weighted by Gasteiger charge is 2.10. The summed E-state index contributed by atoms with van der Waals surface area (Å²) in [5.74, 6) is 0. The Bertz CT molecular complexity index is 800. The minimum Gasteiger partial charge on any atom is -0.484 e. The molecular weight excluding hydrogens is 274 g/mol. The molecule has 0 N–H and O–H groups in total. The van der Waals surface area contributed by atoms with Crippen LogP contribution in [0.4, 0.5) is 0 Å². The summed E-state index contributed by atoms with van der Waals surface area (Å²) < 4.78 is 8.63. The van der Waals surface area contributed by atoms with Gasteiger partial charge in [-0.2, -0.15) is 5.10 Å². The molecule has 0 atom stereocenters. The lowest BCUT2D eigenvalue weighted by Crippen LogP contribution is -2.02. The lowest BCUT2D eigenvalue weighted by atomic mass is 10.2. The van der Waals surface area contributed by atoms with Gasteiger partial charge in [0.15, 0.2) is 5.06 Å². The first kappa shape index (κ1) is 12.8. The predicted molar refractivity (Wildman–Crippen MR) is 80.3 cm³/mol. The average Bonchev–Trinajstić information content (AvgIpc) is 3.02. The van der Waals surface area contributed by atoms with Crippen molar-refractivity contribution in [3.63, 3.8) is 0 Å². The minimum atomic E-state index is 0.395. The molecule has 0 amide bonds. The molecule has 20 heavy (non-hydrogen) atoms. The summed E-state index contributed by atoms with van der Waals surface area (Å²) in [7, 11) is 0. The number of aromatic nitrogens is 2. The summed E-state index contributed by atoms with van der Waals surface area (Å²) >= 11 is 1.63. The Labute approximate surface area is 119 Å². The van der Waals surface area contributed by atoms with Crippen molar-refractivity contribution < 1.29 is 4.74 Å². The first-order valence-corrected chi connectivity index (χ1v) is 7.17. The fourth-order valence-electron chi connectivity index (χ4n) is 2.24. The molecule has 3 aromatic rings. The normalized spacial score (nSPS) is 10.8. The van der Waals surface area contributed by atoms with E-state index in [0.717, 1.165) is 21.4 Å². The molecule has 2 aromatic heterocycles. The number of azide groups is 1. The zero-order chi connectivity index (χ0) is 13.9. The molecule has 3 rings (SSSR count). The van der Waals surface area contributed by atoms with Gasteiger partial charge in [0.2, 0.25) is 0 Å². The molecule has 0 bridgehead atoms. The standard InChI is InChI=1S/C13H13N5OS/c1-2-19-12-7-10-11(20-12)4-3-9-8-16-18(13(9)10)6-5-15-17-14/h3-4,7-8H,2,5-6H2,1H3. The fourth-order valence-corrected chi connectivity index (χ4v) is 3.21. The van der Waals surface area contributed by atoms with Crippen molar-refractivity contribution >= 4 is 32.3 Å². The summed E-state index contributed by atoms with van der Waals surface area (Å²) in [5, 5.41) is 11.1. The molecule has 0 aliphatic carbocycles. The van der Waals surface area contributed by atoms with E-state index < -0.39 is 0 Å². The van der Waals surface area contributed by atoms with Crippen LogP contribution in [0, 0.1) is 0 Å². The molecule has 6 nitrogen and oxygen atoms in total. The molecule has 0 radical (unpaired) electrons. The minimum absolute atomic E-state index is 0.395. The van der Waals surface area contributed by atoms with E-state index in [1.54, 1.807) is 11.3 Å². The van der Waals surface area contributed by atoms with Gasteiger partial charge in [-0.3, -0.25) is 4.68 Å². The number of ether oxygens (including phenoxy) is 1. The highest BCUT2D eigenvalue weighted by molar-refractivity contribution is 7.20. The molecular formula is C13H13N5OS. The summed E-state index contributed by atoms with van der Waals surface area (Å²) in [6, 6.07) is 6.20. The highest BCUT2D eigenvalue weighted by Crippen LogP contribution is 2.36. The van der Waals surface area contributed by atoms with Gasteiger partial charge in [-0.1, -0.05) is 16.5 Å². The Hall–Kier alpha value is -2.24. The van der Waals surface area contributed by atoms with Crippen molar-refractivity contribution in [2.24, 2.45) is 5.11 Å². The third-order valence-corrected chi connectivity index (χ3v) is 4.05. The van der Waals surface area contributed by atoms with E-state index in [-0.39, 0.29) is 0 Å². The van der Waals surface area contributed by atoms with Gasteiger partial charge in [0.25, 0.3) is 0 Å². The molecule has 0 saturated heterocycles. The molecule has 0 saturated carbocycles. The first-order valence-electron chi connectivity index (χ1n) is 6.35. The van der Waals surface area contributed by atoms with E-state index >= 15 is 0 Å². The second-order valence-electron chi connectivity index (χ2n) is 4.24. The maximum Gasteiger partial charge on any atom is 0.174 e. The van der Waals surface area contributed by atoms with Crippen LogP contribution in [0.3, 0.4) is 0 Å². The van der Waals surface area contributed by atoms with Crippen LogP contribution < -0.4 is 4.74 Å². The molecule has 0 aliphatic rings. The van der Waals surface area contributed by atoms with Crippen LogP contribution in [0.15, 0.2) is 29.5 Å². The van der Waals surface area contributed by atoms with Gasteiger partial charge in [-0.25, -0.2) is 0 Å². The van der Waals surface area contributed by atoms with Crippen LogP contribution in [-0.4, -0.2) is 22.9 Å². The molecule has 0 fully saturated rings. The van der Waals surface area contributed by atoms with Gasteiger partial charge in [0.05, 0.1) is 18.3 Å². The van der Waals surface area contributed by atoms with Crippen molar-refractivity contribution in [2.75, 3.05) is 13.2 Å². The topological polar surface area (TPSA) is 75.8 Å². The number of hydrogen-bond donors (Lipinski definition) is 0. The van der Waals surface area contributed by atoms with Crippen LogP contribution in [0.5, 0.6) is 5.06 Å². The Morgan fingerprint density at radius 1 is 1.50 bits per heavy atom. The van der Waals surface area contributed by atoms with E-state index in [0.29, 0.717) is 19.7 Å². The van der Waals surface area contributed by atoms with E-state index in [2.05, 4.69) is 33.3 Å². The third kappa shape index (κ3) is 2.17. The smallest absolute Gasteiger partial charge is 0.174 e. The number of rotatable bonds is 5. The molecule has 0 aliphatic heterocycles. The van der Waals surface area contributed by atoms with Crippen molar-refractivity contribution in [1.29, 1.82) is 0 Å². The maximum absolute atomic E-state index is 8.36. The van der Waals surface area contributed by atoms with E-state index in [4.69, 9.17) is 10.3 Å². The Morgan fingerprint density at radius 3 is 3.20 bits per heavy atom. The Morgan fingerprint density at radius 2 is 2.40 bits per heavy atom. The van der Waals surface area contributed by atoms with Gasteiger partial charge in [0.1, 0.15) is 0 Å². The van der Waals surface area contributed by atoms with Crippen molar-refractivity contribution in [2.45, 2.75) is 13.5 Å². The van der Waals surface area contributed by atoms with Gasteiger partial charge in [0, 0.05) is 39.5 Å². The number of nitrogens with zero attached hydrogens (tertiary/aromatic N) is 5. The second kappa shape index (κ2) is 5.40. The largest absolute Gasteiger partial charge is 0.484 e. The van der Waals surface area contributed by atoms with Crippen molar-refractivity contribution in [1.82, 2.24) is 9.78 Å². The quantitative estimate of drug-likeness (QED) is 0.404. The van der Waals surface area contributed by atoms with Crippen molar-refractivity contribution in [3.8, 4) is 5.06 Å². The number of thiophene rings is 1. The first-order chi connectivity index (χ1) is 9.83. The van der Waals surface area contributed by atoms with Gasteiger partial charge >= 0.3 is 0 Å². The fraction of sp³-hybridized carbons (Fsp3) is 0.308. The van der Waals surface area contributed by atoms with Crippen LogP contribution in [0.2, 0.25) is 0 Å². The monoisotopic (exact) mass is 287 g/mol. The summed E-state index contributed by atoms with van der Waals surface area (Å²) in [6.45, 7) is 3.61. The van der Waals surface area contributed by atoms with Crippen molar-refractivity contribution in [3.05, 3.63) is 34.8 Å². The molecule has 0 unspecified atom stereocenters. The van der Waals surface area contributed by atoms with Gasteiger partial charge < -0.3 is 4.74 Å². The van der Waals surface area contributed by atoms with Gasteiger partial charge in [-0.05, 0) is 24.6 Å². The highest BCUT2D eigenvalue weighted by atomic mass is 32.1. The van der Waals surface area contributed by atoms with Crippen LogP contribution >= 0.6 is 11.3 Å². The number of fused-ring (bicyclic) bond motifs is 3. The van der Waals surface area contributed by atoms with Crippen LogP contribution in [-0.2, 0) is 6.54 Å². The maximum atomic E-state index is 8.36. The van der Waals surface area contributed by atoms with Crippen LogP contribution in [0.1, 0.15) is 6.92 Å². The number of benzene rings is 1. The number of hydrogen-bond acceptors (Lipinski definition) is 4. The van der Waals surface area contributed by atoms with Gasteiger partial charge in [-0.15, -0.1) is 0 Å². The SMILES string of the molecule is CCOc1cc2c(ccc3cnn(CCN=[N+]=[N-])c32)s1. The predicted octanol–water partition coefficient (Wildman–Crippen LogP) is 3.96. The Kier molecular flexibility index (Phi) is 3.45.